The van der Waals surface area contributed by atoms with E-state index >= 15 is 0 Å². The smallest absolute Gasteiger partial charge is 0.302 e. The Bertz CT molecular complexity index is 794. The Morgan fingerprint density at radius 2 is 1.71 bits per heavy atom. The number of nitrogens with two attached hydrogens (primary N) is 1. The van der Waals surface area contributed by atoms with Crippen molar-refractivity contribution in [1.29, 1.82) is 0 Å². The highest BCUT2D eigenvalue weighted by atomic mass is 16.6. The molecular formula is C33H60N2O6. The van der Waals surface area contributed by atoms with Crippen LogP contribution in [0.3, 0.4) is 0 Å². The van der Waals surface area contributed by atoms with Gasteiger partial charge in [0.25, 0.3) is 0 Å². The van der Waals surface area contributed by atoms with E-state index in [0.29, 0.717) is 48.9 Å². The summed E-state index contributed by atoms with van der Waals surface area (Å²) in [6.07, 6.45) is 12.6. The summed E-state index contributed by atoms with van der Waals surface area (Å²) in [6.45, 7) is 8.45. The minimum atomic E-state index is -0.469. The Kier molecular flexibility index (Phi) is 14.4. The zero-order valence-corrected chi connectivity index (χ0v) is 26.5. The summed E-state index contributed by atoms with van der Waals surface area (Å²) in [5, 5.41) is 14.2. The van der Waals surface area contributed by atoms with Gasteiger partial charge in [-0.25, -0.2) is 0 Å². The number of aliphatic hydroxyl groups excluding tert-OH is 1. The summed E-state index contributed by atoms with van der Waals surface area (Å²) in [5.74, 6) is 2.18. The molecule has 3 rings (SSSR count). The van der Waals surface area contributed by atoms with E-state index < -0.39 is 6.10 Å². The highest BCUT2D eigenvalue weighted by Crippen LogP contribution is 2.43. The standard InChI is InChI=1S/C33H60N2O6/c1-21(2)15-24-9-7-6-8-10-27(16-24)31(41-23(4)37)19-28(40-22(3)36)12-11-25-17-32(39-5)30(38)20-29(25)26-13-14-35-33(34)18-26/h21,24-33,35,38H,6-20,34H2,1-5H3/t24-,25?,26?,27+,28-,29?,30?,31-,32?,33?/m1/s1. The van der Waals surface area contributed by atoms with Crippen LogP contribution in [-0.4, -0.2) is 61.3 Å². The molecule has 0 aromatic rings. The van der Waals surface area contributed by atoms with Crippen LogP contribution in [0.1, 0.15) is 118 Å². The van der Waals surface area contributed by atoms with Crippen LogP contribution in [0, 0.1) is 35.5 Å². The van der Waals surface area contributed by atoms with Crippen LogP contribution in [0.25, 0.3) is 0 Å². The molecule has 8 heteroatoms. The molecule has 0 aromatic heterocycles. The lowest BCUT2D eigenvalue weighted by Gasteiger charge is -2.45. The first kappa shape index (κ1) is 34.3. The number of esters is 2. The molecular weight excluding hydrogens is 520 g/mol. The van der Waals surface area contributed by atoms with Crippen LogP contribution in [-0.2, 0) is 23.8 Å². The van der Waals surface area contributed by atoms with E-state index in [1.807, 2.05) is 0 Å². The molecule has 3 aliphatic rings. The third-order valence-electron chi connectivity index (χ3n) is 10.1. The molecule has 41 heavy (non-hydrogen) atoms. The van der Waals surface area contributed by atoms with Crippen LogP contribution in [0.5, 0.6) is 0 Å². The normalized spacial score (nSPS) is 34.7. The molecule has 2 aliphatic carbocycles. The highest BCUT2D eigenvalue weighted by molar-refractivity contribution is 5.66. The second kappa shape index (κ2) is 17.2. The van der Waals surface area contributed by atoms with Crippen LogP contribution in [0.4, 0.5) is 0 Å². The van der Waals surface area contributed by atoms with Crippen LogP contribution in [0.15, 0.2) is 0 Å². The third-order valence-corrected chi connectivity index (χ3v) is 10.1. The van der Waals surface area contributed by atoms with Gasteiger partial charge in [0.2, 0.25) is 0 Å². The Labute approximate surface area is 249 Å². The zero-order valence-electron chi connectivity index (χ0n) is 26.5. The van der Waals surface area contributed by atoms with E-state index in [4.69, 9.17) is 19.9 Å². The number of nitrogens with one attached hydrogen (secondary N) is 1. The van der Waals surface area contributed by atoms with Gasteiger partial charge in [0.15, 0.2) is 0 Å². The molecule has 1 saturated heterocycles. The maximum absolute atomic E-state index is 12.3. The Morgan fingerprint density at radius 3 is 2.37 bits per heavy atom. The number of ether oxygens (including phenoxy) is 3. The predicted octanol–water partition coefficient (Wildman–Crippen LogP) is 5.34. The lowest BCUT2D eigenvalue weighted by Crippen LogP contribution is -2.49. The molecule has 2 saturated carbocycles. The Hall–Kier alpha value is -1.22. The minimum absolute atomic E-state index is 0.00623. The number of methoxy groups -OCH3 is 1. The van der Waals surface area contributed by atoms with E-state index in [2.05, 4.69) is 19.2 Å². The summed E-state index contributed by atoms with van der Waals surface area (Å²) >= 11 is 0. The Balaban J connectivity index is 1.74. The highest BCUT2D eigenvalue weighted by Gasteiger charge is 2.41. The summed E-state index contributed by atoms with van der Waals surface area (Å²) in [4.78, 5) is 24.5. The van der Waals surface area contributed by atoms with Gasteiger partial charge in [0.05, 0.1) is 18.4 Å². The second-order valence-electron chi connectivity index (χ2n) is 13.9. The number of hydrogen-bond acceptors (Lipinski definition) is 8. The monoisotopic (exact) mass is 580 g/mol. The van der Waals surface area contributed by atoms with E-state index in [9.17, 15) is 14.7 Å². The fourth-order valence-corrected chi connectivity index (χ4v) is 8.35. The average Bonchev–Trinajstić information content (AvgIpc) is 2.87. The molecule has 1 aliphatic heterocycles. The van der Waals surface area contributed by atoms with Gasteiger partial charge in [-0.2, -0.15) is 0 Å². The van der Waals surface area contributed by atoms with Crippen molar-refractivity contribution < 1.29 is 28.9 Å². The summed E-state index contributed by atoms with van der Waals surface area (Å²) in [6, 6.07) is 0. The maximum atomic E-state index is 12.3. The molecule has 10 atom stereocenters. The minimum Gasteiger partial charge on any atom is -0.462 e. The number of hydrogen-bond donors (Lipinski definition) is 3. The van der Waals surface area contributed by atoms with Gasteiger partial charge in [0.1, 0.15) is 12.2 Å². The molecule has 1 heterocycles. The van der Waals surface area contributed by atoms with Gasteiger partial charge in [-0.1, -0.05) is 39.5 Å². The van der Waals surface area contributed by atoms with Crippen LogP contribution >= 0.6 is 0 Å². The first-order chi connectivity index (χ1) is 19.5. The number of carbonyl (C=O) groups excluding carboxylic acids is 2. The topological polar surface area (TPSA) is 120 Å². The number of carbonyl (C=O) groups is 2. The lowest BCUT2D eigenvalue weighted by atomic mass is 9.66. The largest absolute Gasteiger partial charge is 0.462 e. The van der Waals surface area contributed by atoms with Crippen molar-refractivity contribution in [2.45, 2.75) is 148 Å². The van der Waals surface area contributed by atoms with E-state index in [-0.39, 0.29) is 42.3 Å². The number of piperidine rings is 1. The molecule has 0 aromatic carbocycles. The van der Waals surface area contributed by atoms with Gasteiger partial charge >= 0.3 is 11.9 Å². The van der Waals surface area contributed by atoms with Gasteiger partial charge < -0.3 is 30.4 Å². The van der Waals surface area contributed by atoms with E-state index in [1.54, 1.807) is 7.11 Å². The molecule has 238 valence electrons. The molecule has 0 spiro atoms. The summed E-state index contributed by atoms with van der Waals surface area (Å²) < 4.78 is 17.6. The maximum Gasteiger partial charge on any atom is 0.302 e. The van der Waals surface area contributed by atoms with Crippen molar-refractivity contribution in [3.05, 3.63) is 0 Å². The van der Waals surface area contributed by atoms with Crippen molar-refractivity contribution in [3.8, 4) is 0 Å². The van der Waals surface area contributed by atoms with Crippen molar-refractivity contribution in [3.63, 3.8) is 0 Å². The SMILES string of the molecule is COC1CC(CC[C@H](C[C@@H](OC(C)=O)[C@H]2CCCCC[C@H](CC(C)C)C2)OC(C)=O)C(C2CCNC(N)C2)CC1O. The summed E-state index contributed by atoms with van der Waals surface area (Å²) in [7, 11) is 1.68. The van der Waals surface area contributed by atoms with Crippen LogP contribution in [0.2, 0.25) is 0 Å². The molecule has 0 amide bonds. The van der Waals surface area contributed by atoms with Gasteiger partial charge in [-0.15, -0.1) is 0 Å². The zero-order chi connectivity index (χ0) is 29.9. The van der Waals surface area contributed by atoms with Crippen molar-refractivity contribution in [1.82, 2.24) is 5.32 Å². The summed E-state index contributed by atoms with van der Waals surface area (Å²) in [5.41, 5.74) is 6.27. The molecule has 4 N–H and O–H groups in total. The van der Waals surface area contributed by atoms with E-state index in [1.165, 1.54) is 39.5 Å². The third kappa shape index (κ3) is 11.4. The quantitative estimate of drug-likeness (QED) is 0.265. The number of rotatable bonds is 12. The molecule has 8 nitrogen and oxygen atoms in total. The van der Waals surface area contributed by atoms with Gasteiger partial charge in [-0.3, -0.25) is 9.59 Å². The Morgan fingerprint density at radius 1 is 0.976 bits per heavy atom. The van der Waals surface area contributed by atoms with Crippen molar-refractivity contribution >= 4 is 11.9 Å². The van der Waals surface area contributed by atoms with Crippen molar-refractivity contribution in [2.24, 2.45) is 41.2 Å². The van der Waals surface area contributed by atoms with Gasteiger partial charge in [-0.05, 0) is 99.8 Å². The lowest BCUT2D eigenvalue weighted by molar-refractivity contribution is -0.156. The van der Waals surface area contributed by atoms with Crippen molar-refractivity contribution in [2.75, 3.05) is 13.7 Å². The van der Waals surface area contributed by atoms with Crippen LogP contribution < -0.4 is 11.1 Å². The average molecular weight is 581 g/mol. The fourth-order valence-electron chi connectivity index (χ4n) is 8.35. The molecule has 3 fully saturated rings. The molecule has 0 radical (unpaired) electrons. The molecule has 6 unspecified atom stereocenters. The van der Waals surface area contributed by atoms with Gasteiger partial charge in [0, 0.05) is 27.4 Å². The first-order valence-electron chi connectivity index (χ1n) is 16.6. The number of aliphatic hydroxyl groups is 1. The second-order valence-corrected chi connectivity index (χ2v) is 13.9. The van der Waals surface area contributed by atoms with E-state index in [0.717, 1.165) is 51.5 Å². The first-order valence-corrected chi connectivity index (χ1v) is 16.6. The fraction of sp³-hybridized carbons (Fsp3) is 0.939. The predicted molar refractivity (Wildman–Crippen MR) is 161 cm³/mol. The molecule has 0 bridgehead atoms.